The van der Waals surface area contributed by atoms with Crippen molar-refractivity contribution in [3.63, 3.8) is 0 Å². The van der Waals surface area contributed by atoms with Crippen molar-refractivity contribution in [2.24, 2.45) is 11.5 Å². The molecule has 5 N–H and O–H groups in total. The van der Waals surface area contributed by atoms with E-state index in [1.807, 2.05) is 0 Å². The summed E-state index contributed by atoms with van der Waals surface area (Å²) in [6.07, 6.45) is 2.96. The highest BCUT2D eigenvalue weighted by Gasteiger charge is 2.09. The molecule has 0 radical (unpaired) electrons. The Balaban J connectivity index is 0.000000361. The molecule has 0 saturated heterocycles. The van der Waals surface area contributed by atoms with E-state index in [1.54, 1.807) is 31.4 Å². The molecule has 0 spiro atoms. The number of benzene rings is 1. The van der Waals surface area contributed by atoms with Gasteiger partial charge in [0, 0.05) is 5.56 Å². The van der Waals surface area contributed by atoms with Crippen molar-refractivity contribution in [3.05, 3.63) is 29.8 Å². The van der Waals surface area contributed by atoms with Crippen molar-refractivity contribution < 1.29 is 19.4 Å². The van der Waals surface area contributed by atoms with Gasteiger partial charge < -0.3 is 21.3 Å². The molecule has 0 aliphatic rings. The van der Waals surface area contributed by atoms with Gasteiger partial charge in [0.1, 0.15) is 18.1 Å². The fourth-order valence-corrected chi connectivity index (χ4v) is 1.35. The van der Waals surface area contributed by atoms with Gasteiger partial charge in [0.25, 0.3) is 0 Å². The van der Waals surface area contributed by atoms with Gasteiger partial charge in [0.05, 0.1) is 7.11 Å². The molecule has 0 amide bonds. The van der Waals surface area contributed by atoms with Gasteiger partial charge in [-0.05, 0) is 31.5 Å². The van der Waals surface area contributed by atoms with Crippen LogP contribution in [0.5, 0.6) is 5.75 Å². The molecule has 0 aliphatic carbocycles. The molecule has 1 aromatic rings. The zero-order chi connectivity index (χ0) is 15.4. The second-order valence-electron chi connectivity index (χ2n) is 4.12. The number of hydrogen-bond acceptors (Lipinski definition) is 5. The minimum Gasteiger partial charge on any atom is -0.497 e. The fraction of sp³-hybridized carbons (Fsp3) is 0.429. The summed E-state index contributed by atoms with van der Waals surface area (Å²) in [5.74, 6) is -0.221. The number of carboxylic acids is 1. The van der Waals surface area contributed by atoms with Gasteiger partial charge in [-0.1, -0.05) is 18.6 Å². The zero-order valence-corrected chi connectivity index (χ0v) is 11.6. The van der Waals surface area contributed by atoms with Crippen LogP contribution in [0.3, 0.4) is 0 Å². The van der Waals surface area contributed by atoms with Crippen molar-refractivity contribution in [3.8, 4) is 5.75 Å². The van der Waals surface area contributed by atoms with Crippen molar-refractivity contribution in [1.82, 2.24) is 0 Å². The molecule has 6 heteroatoms. The van der Waals surface area contributed by atoms with E-state index in [4.69, 9.17) is 21.3 Å². The van der Waals surface area contributed by atoms with Crippen LogP contribution < -0.4 is 16.2 Å². The number of carbonyl (C=O) groups excluding carboxylic acids is 1. The van der Waals surface area contributed by atoms with Gasteiger partial charge >= 0.3 is 5.97 Å². The molecule has 1 atom stereocenters. The standard InChI is InChI=1S/C8H8O2.C6H14N2O2/c1-10-8-4-2-3-7(5-8)6-9;7-4-2-1-3-5(8)6(9)10/h2-6H,1H3;5H,1-4,7-8H2,(H,9,10). The van der Waals surface area contributed by atoms with E-state index in [0.717, 1.165) is 19.1 Å². The monoisotopic (exact) mass is 282 g/mol. The Labute approximate surface area is 118 Å². The molecule has 1 aromatic carbocycles. The lowest BCUT2D eigenvalue weighted by Gasteiger charge is -2.03. The fourth-order valence-electron chi connectivity index (χ4n) is 1.35. The van der Waals surface area contributed by atoms with E-state index in [9.17, 15) is 9.59 Å². The quantitative estimate of drug-likeness (QED) is 0.508. The van der Waals surface area contributed by atoms with Crippen molar-refractivity contribution in [2.75, 3.05) is 13.7 Å². The molecule has 0 heterocycles. The Kier molecular flexibility index (Phi) is 9.90. The number of methoxy groups -OCH3 is 1. The Morgan fingerprint density at radius 3 is 2.65 bits per heavy atom. The topological polar surface area (TPSA) is 116 Å². The normalized spacial score (nSPS) is 10.9. The molecule has 0 bridgehead atoms. The molecule has 0 aliphatic heterocycles. The van der Waals surface area contributed by atoms with Crippen molar-refractivity contribution >= 4 is 12.3 Å². The third kappa shape index (κ3) is 8.23. The van der Waals surface area contributed by atoms with Gasteiger partial charge in [-0.15, -0.1) is 0 Å². The first kappa shape index (κ1) is 18.1. The molecule has 1 unspecified atom stereocenters. The van der Waals surface area contributed by atoms with Crippen LogP contribution in [0.4, 0.5) is 0 Å². The second-order valence-corrected chi connectivity index (χ2v) is 4.12. The number of aliphatic carboxylic acids is 1. The summed E-state index contributed by atoms with van der Waals surface area (Å²) in [6, 6.07) is 6.28. The number of hydrogen-bond donors (Lipinski definition) is 3. The number of rotatable bonds is 7. The zero-order valence-electron chi connectivity index (χ0n) is 11.6. The van der Waals surface area contributed by atoms with Crippen LogP contribution in [0.25, 0.3) is 0 Å². The van der Waals surface area contributed by atoms with Crippen LogP contribution in [0.15, 0.2) is 24.3 Å². The van der Waals surface area contributed by atoms with E-state index >= 15 is 0 Å². The lowest BCUT2D eigenvalue weighted by molar-refractivity contribution is -0.138. The molecule has 0 fully saturated rings. The van der Waals surface area contributed by atoms with E-state index in [1.165, 1.54) is 0 Å². The highest BCUT2D eigenvalue weighted by molar-refractivity contribution is 5.75. The van der Waals surface area contributed by atoms with Crippen LogP contribution in [0.2, 0.25) is 0 Å². The predicted octanol–water partition coefficient (Wildman–Crippen LogP) is 1.04. The summed E-state index contributed by atoms with van der Waals surface area (Å²) < 4.78 is 4.90. The molecule has 6 nitrogen and oxygen atoms in total. The minimum absolute atomic E-state index is 0.520. The maximum Gasteiger partial charge on any atom is 0.320 e. The highest BCUT2D eigenvalue weighted by Crippen LogP contribution is 2.10. The van der Waals surface area contributed by atoms with Crippen molar-refractivity contribution in [2.45, 2.75) is 25.3 Å². The smallest absolute Gasteiger partial charge is 0.320 e. The predicted molar refractivity (Wildman–Crippen MR) is 76.9 cm³/mol. The Hall–Kier alpha value is -1.92. The summed E-state index contributed by atoms with van der Waals surface area (Å²) in [4.78, 5) is 20.4. The maximum atomic E-state index is 10.2. The molecule has 1 rings (SSSR count). The van der Waals surface area contributed by atoms with Crippen LogP contribution in [-0.4, -0.2) is 37.1 Å². The van der Waals surface area contributed by atoms with Crippen molar-refractivity contribution in [1.29, 1.82) is 0 Å². The first-order chi connectivity index (χ1) is 9.54. The first-order valence-electron chi connectivity index (χ1n) is 6.32. The summed E-state index contributed by atoms with van der Waals surface area (Å²) in [5.41, 5.74) is 11.1. The van der Waals surface area contributed by atoms with Crippen LogP contribution in [-0.2, 0) is 4.79 Å². The van der Waals surface area contributed by atoms with Crippen LogP contribution >= 0.6 is 0 Å². The number of unbranched alkanes of at least 4 members (excludes halogenated alkanes) is 1. The van der Waals surface area contributed by atoms with Gasteiger partial charge in [-0.2, -0.15) is 0 Å². The Bertz CT molecular complexity index is 410. The molecule has 0 aromatic heterocycles. The summed E-state index contributed by atoms with van der Waals surface area (Å²) in [6.45, 7) is 0.604. The summed E-state index contributed by atoms with van der Waals surface area (Å²) in [7, 11) is 1.57. The average Bonchev–Trinajstić information content (AvgIpc) is 2.48. The minimum atomic E-state index is -0.933. The third-order valence-corrected chi connectivity index (χ3v) is 2.52. The number of carboxylic acid groups (broad SMARTS) is 1. The Morgan fingerprint density at radius 2 is 2.15 bits per heavy atom. The molecular formula is C14H22N2O4. The Morgan fingerprint density at radius 1 is 1.45 bits per heavy atom. The van der Waals surface area contributed by atoms with Gasteiger partial charge in [-0.25, -0.2) is 0 Å². The van der Waals surface area contributed by atoms with Gasteiger partial charge in [-0.3, -0.25) is 9.59 Å². The first-order valence-corrected chi connectivity index (χ1v) is 6.32. The lowest BCUT2D eigenvalue weighted by Crippen LogP contribution is -2.29. The van der Waals surface area contributed by atoms with E-state index < -0.39 is 12.0 Å². The SMILES string of the molecule is COc1cccc(C=O)c1.NCCCCC(N)C(=O)O. The number of nitrogens with two attached hydrogens (primary N) is 2. The number of ether oxygens (including phenoxy) is 1. The summed E-state index contributed by atoms with van der Waals surface area (Å²) in [5, 5.41) is 8.33. The van der Waals surface area contributed by atoms with Crippen LogP contribution in [0.1, 0.15) is 29.6 Å². The molecular weight excluding hydrogens is 260 g/mol. The van der Waals surface area contributed by atoms with Crippen LogP contribution in [0, 0.1) is 0 Å². The number of carbonyl (C=O) groups is 2. The number of aldehydes is 1. The highest BCUT2D eigenvalue weighted by atomic mass is 16.5. The molecule has 112 valence electrons. The largest absolute Gasteiger partial charge is 0.497 e. The lowest BCUT2D eigenvalue weighted by atomic mass is 10.1. The van der Waals surface area contributed by atoms with Gasteiger partial charge in [0.15, 0.2) is 0 Å². The molecule has 20 heavy (non-hydrogen) atoms. The van der Waals surface area contributed by atoms with E-state index in [2.05, 4.69) is 0 Å². The third-order valence-electron chi connectivity index (χ3n) is 2.52. The maximum absolute atomic E-state index is 10.2. The summed E-state index contributed by atoms with van der Waals surface area (Å²) >= 11 is 0. The van der Waals surface area contributed by atoms with Gasteiger partial charge in [0.2, 0.25) is 0 Å². The van der Waals surface area contributed by atoms with E-state index in [-0.39, 0.29) is 0 Å². The van der Waals surface area contributed by atoms with E-state index in [0.29, 0.717) is 24.3 Å². The average molecular weight is 282 g/mol. The second kappa shape index (κ2) is 11.0. The molecule has 0 saturated carbocycles.